The Hall–Kier alpha value is -2.95. The molecule has 2 aromatic carbocycles. The van der Waals surface area contributed by atoms with Gasteiger partial charge in [0.15, 0.2) is 6.04 Å². The molecule has 9 nitrogen and oxygen atoms in total. The molecule has 2 aromatic rings. The molecule has 1 amide bonds. The zero-order valence-electron chi connectivity index (χ0n) is 18.1. The van der Waals surface area contributed by atoms with Gasteiger partial charge in [-0.25, -0.2) is 13.2 Å². The molecule has 1 fully saturated rings. The molecule has 32 heavy (non-hydrogen) atoms. The summed E-state index contributed by atoms with van der Waals surface area (Å²) in [6, 6.07) is 13.2. The highest BCUT2D eigenvalue weighted by molar-refractivity contribution is 7.89. The standard InChI is InChI=1S/C22H27N3O6S/c1-30-17-10-8-16(9-11-17)14-19(22(27)31-2)24-21(26)20-15-23-12-13-25(20)32(28,29)18-6-4-3-5-7-18/h3-11,19-20,23H,12-15H2,1-2H3,(H,24,26)/p+1/t19-,20-/m0/s1. The third kappa shape index (κ3) is 5.45. The molecule has 10 heteroatoms. The van der Waals surface area contributed by atoms with Crippen LogP contribution in [0.4, 0.5) is 0 Å². The average molecular weight is 463 g/mol. The Morgan fingerprint density at radius 3 is 2.44 bits per heavy atom. The Kier molecular flexibility index (Phi) is 7.84. The first-order valence-corrected chi connectivity index (χ1v) is 11.7. The summed E-state index contributed by atoms with van der Waals surface area (Å²) < 4.78 is 37.5. The number of rotatable bonds is 8. The van der Waals surface area contributed by atoms with Crippen molar-refractivity contribution in [1.29, 1.82) is 0 Å². The number of nitrogens with zero attached hydrogens (tertiary/aromatic N) is 1. The summed E-state index contributed by atoms with van der Waals surface area (Å²) >= 11 is 0. The summed E-state index contributed by atoms with van der Waals surface area (Å²) in [6.45, 7) is 0.993. The summed E-state index contributed by atoms with van der Waals surface area (Å²) in [6.07, 6.45) is 0.199. The molecule has 1 aliphatic heterocycles. The lowest BCUT2D eigenvalue weighted by Gasteiger charge is -2.32. The minimum Gasteiger partial charge on any atom is -0.497 e. The molecule has 0 aliphatic carbocycles. The second kappa shape index (κ2) is 10.6. The molecule has 1 aliphatic rings. The van der Waals surface area contributed by atoms with E-state index in [0.29, 0.717) is 12.3 Å². The highest BCUT2D eigenvalue weighted by atomic mass is 32.2. The van der Waals surface area contributed by atoms with Crippen molar-refractivity contribution < 1.29 is 32.8 Å². The Bertz CT molecular complexity index is 1030. The number of piperazine rings is 1. The number of quaternary nitrogens is 1. The van der Waals surface area contributed by atoms with Crippen molar-refractivity contribution in [3.63, 3.8) is 0 Å². The number of benzene rings is 2. The normalized spacial score (nSPS) is 17.9. The van der Waals surface area contributed by atoms with E-state index in [4.69, 9.17) is 9.47 Å². The number of sulfonamides is 1. The fourth-order valence-electron chi connectivity index (χ4n) is 3.62. The zero-order chi connectivity index (χ0) is 23.1. The van der Waals surface area contributed by atoms with Crippen LogP contribution in [-0.4, -0.2) is 70.5 Å². The van der Waals surface area contributed by atoms with Crippen molar-refractivity contribution in [2.24, 2.45) is 0 Å². The quantitative estimate of drug-likeness (QED) is 0.512. The van der Waals surface area contributed by atoms with Crippen LogP contribution in [0.3, 0.4) is 0 Å². The second-order valence-corrected chi connectivity index (χ2v) is 9.28. The van der Waals surface area contributed by atoms with Crippen molar-refractivity contribution in [2.45, 2.75) is 23.4 Å². The molecular formula is C22H28N3O6S+. The molecule has 3 rings (SSSR count). The van der Waals surface area contributed by atoms with Crippen LogP contribution in [0.25, 0.3) is 0 Å². The van der Waals surface area contributed by atoms with Crippen LogP contribution in [0.5, 0.6) is 5.75 Å². The maximum Gasteiger partial charge on any atom is 0.328 e. The van der Waals surface area contributed by atoms with Gasteiger partial charge in [-0.1, -0.05) is 30.3 Å². The summed E-state index contributed by atoms with van der Waals surface area (Å²) in [5.41, 5.74) is 0.797. The molecule has 2 atom stereocenters. The molecule has 0 spiro atoms. The Labute approximate surface area is 187 Å². The summed E-state index contributed by atoms with van der Waals surface area (Å²) in [5, 5.41) is 4.58. The zero-order valence-corrected chi connectivity index (χ0v) is 18.9. The van der Waals surface area contributed by atoms with Gasteiger partial charge < -0.3 is 20.1 Å². The van der Waals surface area contributed by atoms with E-state index >= 15 is 0 Å². The number of hydrogen-bond acceptors (Lipinski definition) is 6. The van der Waals surface area contributed by atoms with E-state index in [0.717, 1.165) is 5.56 Å². The maximum atomic E-state index is 13.2. The number of amides is 1. The van der Waals surface area contributed by atoms with Gasteiger partial charge >= 0.3 is 5.97 Å². The lowest BCUT2D eigenvalue weighted by molar-refractivity contribution is -0.664. The van der Waals surface area contributed by atoms with E-state index in [9.17, 15) is 18.0 Å². The van der Waals surface area contributed by atoms with E-state index in [1.165, 1.54) is 23.5 Å². The molecule has 172 valence electrons. The number of carbonyl (C=O) groups excluding carboxylic acids is 2. The Morgan fingerprint density at radius 2 is 1.81 bits per heavy atom. The van der Waals surface area contributed by atoms with Gasteiger partial charge in [0.05, 0.1) is 32.2 Å². The predicted octanol–water partition coefficient (Wildman–Crippen LogP) is -0.468. The van der Waals surface area contributed by atoms with Crippen molar-refractivity contribution in [3.8, 4) is 5.75 Å². The predicted molar refractivity (Wildman–Crippen MR) is 116 cm³/mol. The molecule has 0 unspecified atom stereocenters. The maximum absolute atomic E-state index is 13.2. The average Bonchev–Trinajstić information content (AvgIpc) is 2.84. The smallest absolute Gasteiger partial charge is 0.328 e. The molecular weight excluding hydrogens is 434 g/mol. The monoisotopic (exact) mass is 462 g/mol. The summed E-state index contributed by atoms with van der Waals surface area (Å²) in [5.74, 6) is -0.470. The van der Waals surface area contributed by atoms with Crippen LogP contribution in [0, 0.1) is 0 Å². The van der Waals surface area contributed by atoms with Gasteiger partial charge in [-0.3, -0.25) is 4.79 Å². The van der Waals surface area contributed by atoms with Gasteiger partial charge in [-0.2, -0.15) is 4.31 Å². The minimum atomic E-state index is -3.86. The summed E-state index contributed by atoms with van der Waals surface area (Å²) in [4.78, 5) is 25.6. The van der Waals surface area contributed by atoms with E-state index < -0.39 is 34.0 Å². The molecule has 0 bridgehead atoms. The summed E-state index contributed by atoms with van der Waals surface area (Å²) in [7, 11) is -1.06. The highest BCUT2D eigenvalue weighted by Gasteiger charge is 2.40. The molecule has 0 aromatic heterocycles. The number of carbonyl (C=O) groups is 2. The third-order valence-corrected chi connectivity index (χ3v) is 7.27. The first-order valence-electron chi connectivity index (χ1n) is 10.3. The van der Waals surface area contributed by atoms with Crippen LogP contribution in [0.2, 0.25) is 0 Å². The number of nitrogens with one attached hydrogen (secondary N) is 1. The number of hydrogen-bond donors (Lipinski definition) is 2. The minimum absolute atomic E-state index is 0.127. The van der Waals surface area contributed by atoms with Crippen LogP contribution in [0.1, 0.15) is 5.56 Å². The Morgan fingerprint density at radius 1 is 1.12 bits per heavy atom. The Balaban J connectivity index is 1.79. The van der Waals surface area contributed by atoms with Crippen LogP contribution in [-0.2, 0) is 30.8 Å². The lowest BCUT2D eigenvalue weighted by atomic mass is 10.0. The van der Waals surface area contributed by atoms with E-state index in [-0.39, 0.29) is 24.4 Å². The fraction of sp³-hybridized carbons (Fsp3) is 0.364. The van der Waals surface area contributed by atoms with Crippen molar-refractivity contribution in [3.05, 3.63) is 60.2 Å². The third-order valence-electron chi connectivity index (χ3n) is 5.34. The van der Waals surface area contributed by atoms with Crippen molar-refractivity contribution in [1.82, 2.24) is 9.62 Å². The lowest BCUT2D eigenvalue weighted by Crippen LogP contribution is -2.92. The topological polar surface area (TPSA) is 119 Å². The van der Waals surface area contributed by atoms with Gasteiger partial charge in [-0.15, -0.1) is 0 Å². The number of ether oxygens (including phenoxy) is 2. The van der Waals surface area contributed by atoms with Crippen molar-refractivity contribution in [2.75, 3.05) is 33.9 Å². The number of esters is 1. The molecule has 1 heterocycles. The SMILES string of the molecule is COC(=O)[C@H](Cc1ccc(OC)cc1)NC(=O)[C@@H]1C[NH2+]CCN1S(=O)(=O)c1ccccc1. The molecule has 0 radical (unpaired) electrons. The van der Waals surface area contributed by atoms with E-state index in [2.05, 4.69) is 5.32 Å². The van der Waals surface area contributed by atoms with Gasteiger partial charge in [-0.05, 0) is 29.8 Å². The van der Waals surface area contributed by atoms with Crippen LogP contribution < -0.4 is 15.4 Å². The molecule has 3 N–H and O–H groups in total. The number of nitrogens with two attached hydrogens (primary N) is 1. The molecule has 0 saturated carbocycles. The van der Waals surface area contributed by atoms with Gasteiger partial charge in [0.25, 0.3) is 0 Å². The van der Waals surface area contributed by atoms with Gasteiger partial charge in [0.2, 0.25) is 15.9 Å². The molecule has 1 saturated heterocycles. The first-order chi connectivity index (χ1) is 15.4. The van der Waals surface area contributed by atoms with Crippen LogP contribution in [0.15, 0.2) is 59.5 Å². The number of methoxy groups -OCH3 is 2. The first kappa shape index (κ1) is 23.7. The van der Waals surface area contributed by atoms with Gasteiger partial charge in [0.1, 0.15) is 18.3 Å². The second-order valence-electron chi connectivity index (χ2n) is 7.39. The largest absolute Gasteiger partial charge is 0.497 e. The van der Waals surface area contributed by atoms with E-state index in [1.807, 2.05) is 5.32 Å². The highest BCUT2D eigenvalue weighted by Crippen LogP contribution is 2.19. The van der Waals surface area contributed by atoms with E-state index in [1.54, 1.807) is 49.6 Å². The van der Waals surface area contributed by atoms with Crippen LogP contribution >= 0.6 is 0 Å². The van der Waals surface area contributed by atoms with Gasteiger partial charge in [0, 0.05) is 6.42 Å². The van der Waals surface area contributed by atoms with Crippen molar-refractivity contribution >= 4 is 21.9 Å². The fourth-order valence-corrected chi connectivity index (χ4v) is 5.26.